The highest BCUT2D eigenvalue weighted by Gasteiger charge is 2.28. The Bertz CT molecular complexity index is 760. The van der Waals surface area contributed by atoms with Gasteiger partial charge in [-0.05, 0) is 25.0 Å². The maximum absolute atomic E-state index is 12.5. The molecule has 7 nitrogen and oxygen atoms in total. The van der Waals surface area contributed by atoms with Crippen molar-refractivity contribution < 1.29 is 23.8 Å². The molecule has 1 fully saturated rings. The molecule has 0 N–H and O–H groups in total. The molecule has 1 aromatic rings. The van der Waals surface area contributed by atoms with Crippen molar-refractivity contribution in [3.63, 3.8) is 0 Å². The first-order chi connectivity index (χ1) is 19.1. The zero-order valence-electron chi connectivity index (χ0n) is 24.7. The van der Waals surface area contributed by atoms with Crippen LogP contribution in [0.25, 0.3) is 0 Å². The number of nitrogens with zero attached hydrogens (tertiary/aromatic N) is 2. The first-order valence-corrected chi connectivity index (χ1v) is 15.6. The average Bonchev–Trinajstić information content (AvgIpc) is 3.40. The summed E-state index contributed by atoms with van der Waals surface area (Å²) in [6.45, 7) is 6.16. The van der Waals surface area contributed by atoms with E-state index in [-0.39, 0.29) is 25.2 Å². The third-order valence-corrected chi connectivity index (χ3v) is 7.47. The Morgan fingerprint density at radius 1 is 0.923 bits per heavy atom. The van der Waals surface area contributed by atoms with Gasteiger partial charge in [0.1, 0.15) is 6.61 Å². The number of pyridine rings is 1. The Kier molecular flexibility index (Phi) is 18.6. The van der Waals surface area contributed by atoms with Gasteiger partial charge in [-0.25, -0.2) is 9.69 Å². The van der Waals surface area contributed by atoms with Crippen molar-refractivity contribution in [2.75, 3.05) is 33.0 Å². The van der Waals surface area contributed by atoms with E-state index in [0.29, 0.717) is 25.6 Å². The summed E-state index contributed by atoms with van der Waals surface area (Å²) in [6.07, 6.45) is 21.2. The number of carbonyl (C=O) groups excluding carboxylic acids is 2. The fourth-order valence-electron chi connectivity index (χ4n) is 5.05. The molecule has 2 atom stereocenters. The number of carbonyl (C=O) groups is 2. The van der Waals surface area contributed by atoms with Gasteiger partial charge in [-0.1, -0.05) is 96.5 Å². The van der Waals surface area contributed by atoms with Crippen LogP contribution in [0.2, 0.25) is 0 Å². The predicted octanol–water partition coefficient (Wildman–Crippen LogP) is 7.51. The van der Waals surface area contributed by atoms with E-state index in [9.17, 15) is 9.59 Å². The first-order valence-electron chi connectivity index (χ1n) is 15.6. The minimum atomic E-state index is -0.625. The van der Waals surface area contributed by atoms with Crippen LogP contribution in [-0.4, -0.2) is 61.0 Å². The monoisotopic (exact) mass is 546 g/mol. The summed E-state index contributed by atoms with van der Waals surface area (Å²) >= 11 is 0. The van der Waals surface area contributed by atoms with Crippen molar-refractivity contribution in [1.29, 1.82) is 0 Å². The van der Waals surface area contributed by atoms with E-state index in [0.717, 1.165) is 30.0 Å². The molecule has 0 saturated carbocycles. The van der Waals surface area contributed by atoms with Crippen LogP contribution in [0.4, 0.5) is 4.79 Å². The molecule has 0 aromatic carbocycles. The van der Waals surface area contributed by atoms with Crippen LogP contribution in [0.15, 0.2) is 24.4 Å². The number of hydrogen-bond donors (Lipinski definition) is 0. The highest BCUT2D eigenvalue weighted by Crippen LogP contribution is 2.21. The summed E-state index contributed by atoms with van der Waals surface area (Å²) in [7, 11) is 0. The maximum Gasteiger partial charge on any atom is 0.416 e. The Balaban J connectivity index is 1.41. The summed E-state index contributed by atoms with van der Waals surface area (Å²) in [6, 6.07) is 5.59. The highest BCUT2D eigenvalue weighted by atomic mass is 16.6. The minimum absolute atomic E-state index is 0.145. The van der Waals surface area contributed by atoms with Crippen LogP contribution in [0.1, 0.15) is 116 Å². The summed E-state index contributed by atoms with van der Waals surface area (Å²) in [4.78, 5) is 29.8. The van der Waals surface area contributed by atoms with Crippen LogP contribution in [0, 0.1) is 5.92 Å². The van der Waals surface area contributed by atoms with E-state index in [2.05, 4.69) is 11.9 Å². The number of aromatic nitrogens is 1. The molecule has 0 aliphatic carbocycles. The molecule has 0 spiro atoms. The Morgan fingerprint density at radius 2 is 1.56 bits per heavy atom. The predicted molar refractivity (Wildman–Crippen MR) is 156 cm³/mol. The van der Waals surface area contributed by atoms with E-state index < -0.39 is 6.09 Å². The number of amides is 2. The van der Waals surface area contributed by atoms with Crippen molar-refractivity contribution in [3.05, 3.63) is 30.1 Å². The van der Waals surface area contributed by atoms with Crippen molar-refractivity contribution in [2.45, 2.75) is 123 Å². The molecule has 0 bridgehead atoms. The molecule has 2 rings (SSSR count). The lowest BCUT2D eigenvalue weighted by Crippen LogP contribution is -2.38. The quantitative estimate of drug-likeness (QED) is 0.140. The number of imide groups is 1. The second-order valence-electron chi connectivity index (χ2n) is 11.0. The van der Waals surface area contributed by atoms with E-state index in [4.69, 9.17) is 14.2 Å². The third-order valence-electron chi connectivity index (χ3n) is 7.47. The highest BCUT2D eigenvalue weighted by molar-refractivity contribution is 5.90. The van der Waals surface area contributed by atoms with Crippen LogP contribution >= 0.6 is 0 Å². The molecular weight excluding hydrogens is 492 g/mol. The maximum atomic E-state index is 12.5. The third kappa shape index (κ3) is 16.0. The SMILES string of the molecule is CCCCCCCCCCCCCCCCOCC1COC(COC(=O)N(CCc2ccccn2)C(C)=O)C1. The summed E-state index contributed by atoms with van der Waals surface area (Å²) in [5.74, 6) is -0.00791. The molecule has 1 saturated heterocycles. The zero-order chi connectivity index (χ0) is 28.0. The second-order valence-corrected chi connectivity index (χ2v) is 11.0. The lowest BCUT2D eigenvalue weighted by Gasteiger charge is -2.19. The topological polar surface area (TPSA) is 78.0 Å². The van der Waals surface area contributed by atoms with E-state index in [1.54, 1.807) is 6.20 Å². The first kappa shape index (κ1) is 33.2. The second kappa shape index (κ2) is 21.8. The van der Waals surface area contributed by atoms with Gasteiger partial charge < -0.3 is 14.2 Å². The van der Waals surface area contributed by atoms with Gasteiger partial charge in [-0.3, -0.25) is 9.78 Å². The van der Waals surface area contributed by atoms with Crippen molar-refractivity contribution in [2.24, 2.45) is 5.92 Å². The van der Waals surface area contributed by atoms with Gasteiger partial charge >= 0.3 is 6.09 Å². The van der Waals surface area contributed by atoms with Gasteiger partial charge in [0, 0.05) is 44.3 Å². The number of ether oxygens (including phenoxy) is 3. The van der Waals surface area contributed by atoms with Gasteiger partial charge in [0.05, 0.1) is 19.3 Å². The lowest BCUT2D eigenvalue weighted by molar-refractivity contribution is -0.127. The molecule has 2 amide bonds. The molecule has 7 heteroatoms. The van der Waals surface area contributed by atoms with E-state index in [1.807, 2.05) is 18.2 Å². The smallest absolute Gasteiger partial charge is 0.416 e. The minimum Gasteiger partial charge on any atom is -0.446 e. The number of hydrogen-bond acceptors (Lipinski definition) is 6. The fraction of sp³-hybridized carbons (Fsp3) is 0.781. The van der Waals surface area contributed by atoms with Gasteiger partial charge in [0.25, 0.3) is 0 Å². The molecule has 2 heterocycles. The Hall–Kier alpha value is -1.99. The molecule has 1 aromatic heterocycles. The molecule has 39 heavy (non-hydrogen) atoms. The van der Waals surface area contributed by atoms with Crippen molar-refractivity contribution in [1.82, 2.24) is 9.88 Å². The fourth-order valence-corrected chi connectivity index (χ4v) is 5.05. The normalized spacial score (nSPS) is 16.9. The van der Waals surface area contributed by atoms with Crippen LogP contribution in [0.3, 0.4) is 0 Å². The van der Waals surface area contributed by atoms with E-state index >= 15 is 0 Å². The molecule has 1 aliphatic heterocycles. The summed E-state index contributed by atoms with van der Waals surface area (Å²) in [5, 5.41) is 0. The van der Waals surface area contributed by atoms with Gasteiger partial charge in [0.2, 0.25) is 5.91 Å². The number of unbranched alkanes of at least 4 members (excludes halogenated alkanes) is 13. The summed E-state index contributed by atoms with van der Waals surface area (Å²) < 4.78 is 17.1. The standard InChI is InChI=1S/C32H54N2O5/c1-3-4-5-6-7-8-9-10-11-12-13-14-15-18-23-37-25-29-24-31(38-26-29)27-39-32(36)34(28(2)35)22-20-30-19-16-17-21-33-30/h16-17,19,21,29,31H,3-15,18,20,22-27H2,1-2H3. The molecule has 1 aliphatic rings. The van der Waals surface area contributed by atoms with Gasteiger partial charge in [-0.15, -0.1) is 0 Å². The Labute approximate surface area is 237 Å². The largest absolute Gasteiger partial charge is 0.446 e. The Morgan fingerprint density at radius 3 is 2.15 bits per heavy atom. The van der Waals surface area contributed by atoms with Crippen LogP contribution < -0.4 is 0 Å². The summed E-state index contributed by atoms with van der Waals surface area (Å²) in [5.41, 5.74) is 0.826. The van der Waals surface area contributed by atoms with Gasteiger partial charge in [-0.2, -0.15) is 0 Å². The van der Waals surface area contributed by atoms with E-state index in [1.165, 1.54) is 90.4 Å². The molecule has 2 unspecified atom stereocenters. The lowest BCUT2D eigenvalue weighted by atomic mass is 10.0. The molecule has 222 valence electrons. The average molecular weight is 547 g/mol. The van der Waals surface area contributed by atoms with Crippen molar-refractivity contribution >= 4 is 12.0 Å². The molecular formula is C32H54N2O5. The van der Waals surface area contributed by atoms with Gasteiger partial charge in [0.15, 0.2) is 0 Å². The molecule has 0 radical (unpaired) electrons. The number of rotatable bonds is 22. The van der Waals surface area contributed by atoms with Crippen LogP contribution in [0.5, 0.6) is 0 Å². The van der Waals surface area contributed by atoms with Crippen LogP contribution in [-0.2, 0) is 25.4 Å². The van der Waals surface area contributed by atoms with Crippen molar-refractivity contribution in [3.8, 4) is 0 Å². The zero-order valence-corrected chi connectivity index (χ0v) is 24.7.